The van der Waals surface area contributed by atoms with Crippen molar-refractivity contribution in [3.63, 3.8) is 0 Å². The highest BCUT2D eigenvalue weighted by molar-refractivity contribution is 6.02. The third-order valence-electron chi connectivity index (χ3n) is 9.73. The SMILES string of the molecule is C=CC(=O)Nc1cc(Nc2ncc(-c3ccn(C)n3)c(-c3cn(C4CC4)c4ccccc34)n2)c(OC)cc1N1CC2CN(C)CC2C1. The fraction of sp³-hybridized carbons (Fsp3) is 0.333. The highest BCUT2D eigenvalue weighted by Crippen LogP contribution is 2.44. The molecule has 2 aromatic carbocycles. The second-order valence-electron chi connectivity index (χ2n) is 13.1. The number of para-hydroxylation sites is 1. The number of aryl methyl sites for hydroxylation is 1. The number of ether oxygens (including phenoxy) is 1. The van der Waals surface area contributed by atoms with Gasteiger partial charge in [0.2, 0.25) is 11.9 Å². The first kappa shape index (κ1) is 29.3. The number of nitrogens with one attached hydrogen (secondary N) is 2. The van der Waals surface area contributed by atoms with Crippen LogP contribution in [0.3, 0.4) is 0 Å². The number of benzene rings is 2. The van der Waals surface area contributed by atoms with Crippen LogP contribution >= 0.6 is 0 Å². The van der Waals surface area contributed by atoms with Gasteiger partial charge in [-0.25, -0.2) is 9.97 Å². The van der Waals surface area contributed by atoms with Crippen LogP contribution in [0.4, 0.5) is 23.0 Å². The summed E-state index contributed by atoms with van der Waals surface area (Å²) in [5.41, 5.74) is 6.93. The molecule has 3 aliphatic rings. The molecule has 240 valence electrons. The summed E-state index contributed by atoms with van der Waals surface area (Å²) < 4.78 is 10.1. The number of likely N-dealkylation sites (tertiary alicyclic amines) is 1. The number of hydrogen-bond donors (Lipinski definition) is 2. The first-order valence-corrected chi connectivity index (χ1v) is 16.2. The average molecular weight is 630 g/mol. The highest BCUT2D eigenvalue weighted by atomic mass is 16.5. The van der Waals surface area contributed by atoms with E-state index in [0.29, 0.717) is 41.0 Å². The lowest BCUT2D eigenvalue weighted by Gasteiger charge is -2.26. The number of amides is 1. The Morgan fingerprint density at radius 1 is 1.02 bits per heavy atom. The van der Waals surface area contributed by atoms with Crippen molar-refractivity contribution in [3.8, 4) is 28.3 Å². The minimum absolute atomic E-state index is 0.271. The summed E-state index contributed by atoms with van der Waals surface area (Å²) in [5, 5.41) is 12.3. The van der Waals surface area contributed by atoms with Crippen molar-refractivity contribution in [2.75, 3.05) is 55.9 Å². The number of aromatic nitrogens is 5. The van der Waals surface area contributed by atoms with Gasteiger partial charge in [-0.3, -0.25) is 9.48 Å². The Hall–Kier alpha value is -5.16. The van der Waals surface area contributed by atoms with Crippen LogP contribution < -0.4 is 20.3 Å². The van der Waals surface area contributed by atoms with Crippen LogP contribution in [-0.2, 0) is 11.8 Å². The van der Waals surface area contributed by atoms with Crippen LogP contribution in [0, 0.1) is 11.8 Å². The fourth-order valence-electron chi connectivity index (χ4n) is 7.37. The number of carbonyl (C=O) groups is 1. The smallest absolute Gasteiger partial charge is 0.247 e. The Morgan fingerprint density at radius 3 is 2.51 bits per heavy atom. The van der Waals surface area contributed by atoms with Crippen molar-refractivity contribution >= 4 is 39.8 Å². The Labute approximate surface area is 273 Å². The van der Waals surface area contributed by atoms with Gasteiger partial charge in [-0.05, 0) is 56.0 Å². The molecule has 0 spiro atoms. The van der Waals surface area contributed by atoms with Crippen LogP contribution in [0.1, 0.15) is 18.9 Å². The van der Waals surface area contributed by atoms with E-state index in [4.69, 9.17) is 19.8 Å². The highest BCUT2D eigenvalue weighted by Gasteiger charge is 2.39. The molecule has 0 radical (unpaired) electrons. The minimum Gasteiger partial charge on any atom is -0.494 e. The first-order chi connectivity index (χ1) is 22.9. The van der Waals surface area contributed by atoms with E-state index in [9.17, 15) is 4.79 Å². The zero-order valence-corrected chi connectivity index (χ0v) is 27.0. The summed E-state index contributed by atoms with van der Waals surface area (Å²) in [4.78, 5) is 27.3. The zero-order chi connectivity index (χ0) is 32.2. The normalized spacial score (nSPS) is 19.3. The summed E-state index contributed by atoms with van der Waals surface area (Å²) in [5.74, 6) is 1.97. The lowest BCUT2D eigenvalue weighted by Crippen LogP contribution is -2.27. The Kier molecular flexibility index (Phi) is 7.20. The van der Waals surface area contributed by atoms with Crippen LogP contribution in [0.2, 0.25) is 0 Å². The maximum atomic E-state index is 12.6. The number of nitrogens with zero attached hydrogens (tertiary/aromatic N) is 7. The van der Waals surface area contributed by atoms with E-state index in [0.717, 1.165) is 59.8 Å². The molecule has 1 saturated carbocycles. The predicted molar refractivity (Wildman–Crippen MR) is 185 cm³/mol. The van der Waals surface area contributed by atoms with Crippen LogP contribution in [-0.4, -0.2) is 75.5 Å². The summed E-state index contributed by atoms with van der Waals surface area (Å²) in [6.07, 6.45) is 9.63. The molecular formula is C36H39N9O2. The molecule has 5 aromatic rings. The van der Waals surface area contributed by atoms with Crippen molar-refractivity contribution in [1.82, 2.24) is 29.2 Å². The molecule has 5 heterocycles. The second kappa shape index (κ2) is 11.6. The third kappa shape index (κ3) is 5.40. The topological polar surface area (TPSA) is 105 Å². The Balaban J connectivity index is 1.20. The molecule has 3 aromatic heterocycles. The molecule has 8 rings (SSSR count). The van der Waals surface area contributed by atoms with Gasteiger partial charge in [0, 0.05) is 86.0 Å². The lowest BCUT2D eigenvalue weighted by molar-refractivity contribution is -0.111. The van der Waals surface area contributed by atoms with Crippen LogP contribution in [0.25, 0.3) is 33.4 Å². The summed E-state index contributed by atoms with van der Waals surface area (Å²) in [6, 6.07) is 14.9. The van der Waals surface area contributed by atoms with Gasteiger partial charge in [-0.15, -0.1) is 0 Å². The summed E-state index contributed by atoms with van der Waals surface area (Å²) >= 11 is 0. The first-order valence-electron chi connectivity index (χ1n) is 16.2. The van der Waals surface area contributed by atoms with Crippen LogP contribution in [0.5, 0.6) is 5.75 Å². The average Bonchev–Trinajstić information content (AvgIpc) is 3.34. The van der Waals surface area contributed by atoms with Gasteiger partial charge < -0.3 is 29.7 Å². The van der Waals surface area contributed by atoms with E-state index in [1.165, 1.54) is 24.4 Å². The van der Waals surface area contributed by atoms with E-state index in [2.05, 4.69) is 69.1 Å². The molecular weight excluding hydrogens is 590 g/mol. The number of fused-ring (bicyclic) bond motifs is 2. The molecule has 47 heavy (non-hydrogen) atoms. The molecule has 3 fully saturated rings. The fourth-order valence-corrected chi connectivity index (χ4v) is 7.37. The standard InChI is InChI=1S/C36H39N9O2/c1-5-34(46)38-29-14-30(33(47-4)15-32(29)44-19-22-17-42(2)18-23(22)20-44)39-36-37-16-26(28-12-13-43(3)41-28)35(40-36)27-21-45(24-10-11-24)31-9-7-6-8-25(27)31/h5-9,12-16,21-24H,1,10-11,17-20H2,2-4H3,(H,38,46)(H,37,39,40). The van der Waals surface area contributed by atoms with Crippen LogP contribution in [0.15, 0.2) is 73.7 Å². The quantitative estimate of drug-likeness (QED) is 0.200. The largest absolute Gasteiger partial charge is 0.494 e. The van der Waals surface area contributed by atoms with E-state index < -0.39 is 0 Å². The van der Waals surface area contributed by atoms with Gasteiger partial charge in [0.05, 0.1) is 35.6 Å². The van der Waals surface area contributed by atoms with Crippen molar-refractivity contribution in [2.24, 2.45) is 18.9 Å². The zero-order valence-electron chi connectivity index (χ0n) is 27.0. The second-order valence-corrected chi connectivity index (χ2v) is 13.1. The number of methoxy groups -OCH3 is 1. The lowest BCUT2D eigenvalue weighted by atomic mass is 10.0. The summed E-state index contributed by atoms with van der Waals surface area (Å²) in [7, 11) is 5.75. The van der Waals surface area contributed by atoms with Crippen molar-refractivity contribution in [2.45, 2.75) is 18.9 Å². The maximum absolute atomic E-state index is 12.6. The number of rotatable bonds is 9. The van der Waals surface area contributed by atoms with Crippen molar-refractivity contribution in [3.05, 3.63) is 73.7 Å². The summed E-state index contributed by atoms with van der Waals surface area (Å²) in [6.45, 7) is 7.70. The minimum atomic E-state index is -0.271. The van der Waals surface area contributed by atoms with Gasteiger partial charge in [-0.1, -0.05) is 24.8 Å². The van der Waals surface area contributed by atoms with Crippen molar-refractivity contribution < 1.29 is 9.53 Å². The number of anilines is 4. The molecule has 0 bridgehead atoms. The van der Waals surface area contributed by atoms with E-state index in [-0.39, 0.29) is 5.91 Å². The van der Waals surface area contributed by atoms with Gasteiger partial charge in [-0.2, -0.15) is 5.10 Å². The molecule has 11 heteroatoms. The molecule has 2 unspecified atom stereocenters. The van der Waals surface area contributed by atoms with Gasteiger partial charge in [0.25, 0.3) is 0 Å². The Bertz CT molecular complexity index is 1990. The van der Waals surface area contributed by atoms with E-state index in [1.54, 1.807) is 11.8 Å². The molecule has 2 N–H and O–H groups in total. The van der Waals surface area contributed by atoms with Gasteiger partial charge in [0.15, 0.2) is 0 Å². The molecule has 1 amide bonds. The van der Waals surface area contributed by atoms with Gasteiger partial charge in [0.1, 0.15) is 5.75 Å². The van der Waals surface area contributed by atoms with E-state index in [1.807, 2.05) is 37.6 Å². The van der Waals surface area contributed by atoms with E-state index >= 15 is 0 Å². The predicted octanol–water partition coefficient (Wildman–Crippen LogP) is 5.71. The molecule has 2 aliphatic heterocycles. The number of carbonyl (C=O) groups excluding carboxylic acids is 1. The van der Waals surface area contributed by atoms with Gasteiger partial charge >= 0.3 is 0 Å². The molecule has 2 atom stereocenters. The third-order valence-corrected chi connectivity index (χ3v) is 9.73. The monoisotopic (exact) mass is 629 g/mol. The van der Waals surface area contributed by atoms with Crippen molar-refractivity contribution in [1.29, 1.82) is 0 Å². The molecule has 1 aliphatic carbocycles. The molecule has 11 nitrogen and oxygen atoms in total. The Morgan fingerprint density at radius 2 is 1.81 bits per heavy atom. The molecule has 2 saturated heterocycles. The maximum Gasteiger partial charge on any atom is 0.247 e. The number of hydrogen-bond acceptors (Lipinski definition) is 8.